The molecule has 0 aliphatic carbocycles. The first-order valence-corrected chi connectivity index (χ1v) is 12.5. The summed E-state index contributed by atoms with van der Waals surface area (Å²) in [5, 5.41) is 0. The molecule has 7 nitrogen and oxygen atoms in total. The van der Waals surface area contributed by atoms with Crippen molar-refractivity contribution >= 4 is 20.0 Å². The number of nitrogens with zero attached hydrogens (tertiary/aromatic N) is 2. The van der Waals surface area contributed by atoms with E-state index < -0.39 is 20.0 Å². The minimum absolute atomic E-state index is 0.247. The molecule has 9 heteroatoms. The molecular formula is C20H27N3O4S2. The van der Waals surface area contributed by atoms with E-state index in [-0.39, 0.29) is 11.4 Å². The van der Waals surface area contributed by atoms with Crippen LogP contribution in [0.4, 0.5) is 0 Å². The van der Waals surface area contributed by atoms with Crippen LogP contribution in [0.2, 0.25) is 0 Å². The Morgan fingerprint density at radius 3 is 1.76 bits per heavy atom. The number of piperazine rings is 1. The predicted molar refractivity (Wildman–Crippen MR) is 113 cm³/mol. The van der Waals surface area contributed by atoms with Crippen LogP contribution in [0.15, 0.2) is 58.3 Å². The lowest BCUT2D eigenvalue weighted by molar-refractivity contribution is 0.191. The molecule has 2 aromatic rings. The topological polar surface area (TPSA) is 86.8 Å². The van der Waals surface area contributed by atoms with Gasteiger partial charge in [0.2, 0.25) is 20.0 Å². The second-order valence-electron chi connectivity index (χ2n) is 7.27. The first-order valence-electron chi connectivity index (χ1n) is 9.54. The van der Waals surface area contributed by atoms with Crippen LogP contribution in [0.3, 0.4) is 0 Å². The first-order chi connectivity index (χ1) is 13.7. The largest absolute Gasteiger partial charge is 0.299 e. The number of hydrogen-bond donors (Lipinski definition) is 1. The fourth-order valence-electron chi connectivity index (χ4n) is 3.19. The van der Waals surface area contributed by atoms with Crippen LogP contribution in [0.1, 0.15) is 11.1 Å². The van der Waals surface area contributed by atoms with Crippen molar-refractivity contribution in [2.45, 2.75) is 23.6 Å². The van der Waals surface area contributed by atoms with Gasteiger partial charge >= 0.3 is 0 Å². The standard InChI is InChI=1S/C20H27N3O4S2/c1-17-3-7-19(8-4-17)28(24,25)21-11-12-22-13-15-23(16-14-22)29(26,27)20-9-5-18(2)6-10-20/h3-10,21H,11-16H2,1-2H3. The third-order valence-electron chi connectivity index (χ3n) is 5.04. The lowest BCUT2D eigenvalue weighted by Crippen LogP contribution is -2.50. The van der Waals surface area contributed by atoms with Crippen LogP contribution in [0.25, 0.3) is 0 Å². The van der Waals surface area contributed by atoms with Crippen molar-refractivity contribution in [1.29, 1.82) is 0 Å². The van der Waals surface area contributed by atoms with Crippen molar-refractivity contribution in [3.63, 3.8) is 0 Å². The Labute approximate surface area is 173 Å². The zero-order valence-electron chi connectivity index (χ0n) is 16.7. The monoisotopic (exact) mass is 437 g/mol. The lowest BCUT2D eigenvalue weighted by Gasteiger charge is -2.34. The fraction of sp³-hybridized carbons (Fsp3) is 0.400. The van der Waals surface area contributed by atoms with E-state index in [1.807, 2.05) is 13.8 Å². The highest BCUT2D eigenvalue weighted by Crippen LogP contribution is 2.18. The third kappa shape index (κ3) is 5.43. The Balaban J connectivity index is 1.50. The lowest BCUT2D eigenvalue weighted by atomic mass is 10.2. The molecule has 1 heterocycles. The summed E-state index contributed by atoms with van der Waals surface area (Å²) in [4.78, 5) is 2.62. The summed E-state index contributed by atoms with van der Waals surface area (Å²) in [6.45, 7) is 6.55. The van der Waals surface area contributed by atoms with E-state index in [1.165, 1.54) is 4.31 Å². The van der Waals surface area contributed by atoms with Crippen molar-refractivity contribution in [2.24, 2.45) is 0 Å². The van der Waals surface area contributed by atoms with Gasteiger partial charge in [-0.2, -0.15) is 4.31 Å². The van der Waals surface area contributed by atoms with Crippen LogP contribution < -0.4 is 4.72 Å². The minimum Gasteiger partial charge on any atom is -0.299 e. The zero-order chi connectivity index (χ0) is 21.1. The Hall–Kier alpha value is -1.78. The van der Waals surface area contributed by atoms with Gasteiger partial charge < -0.3 is 0 Å². The van der Waals surface area contributed by atoms with E-state index in [0.717, 1.165) is 11.1 Å². The third-order valence-corrected chi connectivity index (χ3v) is 8.43. The number of hydrogen-bond acceptors (Lipinski definition) is 5. The molecule has 1 aliphatic heterocycles. The summed E-state index contributed by atoms with van der Waals surface area (Å²) in [6, 6.07) is 13.6. The van der Waals surface area contributed by atoms with Gasteiger partial charge in [-0.05, 0) is 38.1 Å². The van der Waals surface area contributed by atoms with E-state index in [0.29, 0.717) is 37.6 Å². The van der Waals surface area contributed by atoms with Gasteiger partial charge in [0.15, 0.2) is 0 Å². The maximum Gasteiger partial charge on any atom is 0.243 e. The molecule has 0 radical (unpaired) electrons. The number of aryl methyl sites for hydroxylation is 2. The zero-order valence-corrected chi connectivity index (χ0v) is 18.3. The Morgan fingerprint density at radius 1 is 0.759 bits per heavy atom. The predicted octanol–water partition coefficient (Wildman–Crippen LogP) is 1.59. The number of rotatable bonds is 7. The second kappa shape index (κ2) is 8.93. The van der Waals surface area contributed by atoms with Crippen molar-refractivity contribution in [3.05, 3.63) is 59.7 Å². The SMILES string of the molecule is Cc1ccc(S(=O)(=O)NCCN2CCN(S(=O)(=O)c3ccc(C)cc3)CC2)cc1. The molecule has 158 valence electrons. The van der Waals surface area contributed by atoms with Crippen molar-refractivity contribution < 1.29 is 16.8 Å². The number of sulfonamides is 2. The average Bonchev–Trinajstić information content (AvgIpc) is 2.69. The van der Waals surface area contributed by atoms with Gasteiger partial charge in [0.25, 0.3) is 0 Å². The van der Waals surface area contributed by atoms with Crippen LogP contribution in [0.5, 0.6) is 0 Å². The molecule has 1 fully saturated rings. The summed E-state index contributed by atoms with van der Waals surface area (Å²) < 4.78 is 54.3. The Bertz CT molecular complexity index is 1020. The molecule has 0 aromatic heterocycles. The molecule has 2 aromatic carbocycles. The van der Waals surface area contributed by atoms with Gasteiger partial charge in [-0.25, -0.2) is 21.6 Å². The maximum absolute atomic E-state index is 12.7. The highest BCUT2D eigenvalue weighted by Gasteiger charge is 2.28. The van der Waals surface area contributed by atoms with Gasteiger partial charge in [0.1, 0.15) is 0 Å². The normalized spacial score (nSPS) is 16.8. The van der Waals surface area contributed by atoms with E-state index in [9.17, 15) is 16.8 Å². The molecule has 0 bridgehead atoms. The fourth-order valence-corrected chi connectivity index (χ4v) is 5.63. The highest BCUT2D eigenvalue weighted by molar-refractivity contribution is 7.89. The Kier molecular flexibility index (Phi) is 6.75. The van der Waals surface area contributed by atoms with Gasteiger partial charge in [-0.15, -0.1) is 0 Å². The molecule has 1 aliphatic rings. The van der Waals surface area contributed by atoms with Crippen LogP contribution in [-0.2, 0) is 20.0 Å². The quantitative estimate of drug-likeness (QED) is 0.711. The molecule has 1 N–H and O–H groups in total. The van der Waals surface area contributed by atoms with Gasteiger partial charge in [-0.3, -0.25) is 4.90 Å². The van der Waals surface area contributed by atoms with Crippen molar-refractivity contribution in [3.8, 4) is 0 Å². The second-order valence-corrected chi connectivity index (χ2v) is 11.0. The molecule has 0 saturated carbocycles. The van der Waals surface area contributed by atoms with Crippen LogP contribution >= 0.6 is 0 Å². The molecule has 29 heavy (non-hydrogen) atoms. The van der Waals surface area contributed by atoms with Crippen molar-refractivity contribution in [1.82, 2.24) is 13.9 Å². The van der Waals surface area contributed by atoms with Gasteiger partial charge in [-0.1, -0.05) is 35.4 Å². The summed E-state index contributed by atoms with van der Waals surface area (Å²) >= 11 is 0. The number of nitrogens with one attached hydrogen (secondary N) is 1. The van der Waals surface area contributed by atoms with Crippen LogP contribution in [-0.4, -0.2) is 65.3 Å². The van der Waals surface area contributed by atoms with E-state index in [4.69, 9.17) is 0 Å². The summed E-state index contributed by atoms with van der Waals surface area (Å²) in [6.07, 6.45) is 0. The first kappa shape index (κ1) is 21.9. The maximum atomic E-state index is 12.7. The van der Waals surface area contributed by atoms with Gasteiger partial charge in [0.05, 0.1) is 9.79 Å². The molecule has 1 saturated heterocycles. The molecule has 0 spiro atoms. The molecule has 0 amide bonds. The number of benzene rings is 2. The average molecular weight is 438 g/mol. The van der Waals surface area contributed by atoms with E-state index in [2.05, 4.69) is 9.62 Å². The van der Waals surface area contributed by atoms with Crippen LogP contribution in [0, 0.1) is 13.8 Å². The molecule has 3 rings (SSSR count). The molecule has 0 atom stereocenters. The summed E-state index contributed by atoms with van der Waals surface area (Å²) in [7, 11) is -7.02. The minimum atomic E-state index is -3.53. The summed E-state index contributed by atoms with van der Waals surface area (Å²) in [5.41, 5.74) is 2.02. The van der Waals surface area contributed by atoms with Crippen molar-refractivity contribution in [2.75, 3.05) is 39.3 Å². The van der Waals surface area contributed by atoms with Gasteiger partial charge in [0, 0.05) is 39.3 Å². The smallest absolute Gasteiger partial charge is 0.243 e. The highest BCUT2D eigenvalue weighted by atomic mass is 32.2. The Morgan fingerprint density at radius 2 is 1.24 bits per heavy atom. The van der Waals surface area contributed by atoms with E-state index in [1.54, 1.807) is 48.5 Å². The van der Waals surface area contributed by atoms with E-state index >= 15 is 0 Å². The molecule has 0 unspecified atom stereocenters. The summed E-state index contributed by atoms with van der Waals surface area (Å²) in [5.74, 6) is 0. The molecular weight excluding hydrogens is 410 g/mol.